The fraction of sp³-hybridized carbons (Fsp3) is 0.172. The zero-order chi connectivity index (χ0) is 23.9. The summed E-state index contributed by atoms with van der Waals surface area (Å²) in [6, 6.07) is 24.4. The molecule has 0 spiro atoms. The van der Waals surface area contributed by atoms with E-state index in [1.165, 1.54) is 0 Å². The van der Waals surface area contributed by atoms with Gasteiger partial charge in [0.15, 0.2) is 5.78 Å². The number of ether oxygens (including phenoxy) is 2. The summed E-state index contributed by atoms with van der Waals surface area (Å²) in [6.07, 6.45) is 4.49. The molecule has 0 heterocycles. The van der Waals surface area contributed by atoms with Crippen molar-refractivity contribution in [3.63, 3.8) is 0 Å². The van der Waals surface area contributed by atoms with Crippen LogP contribution in [-0.4, -0.2) is 25.9 Å². The van der Waals surface area contributed by atoms with Crippen molar-refractivity contribution in [2.45, 2.75) is 12.8 Å². The number of nitrogens with one attached hydrogen (secondary N) is 1. The SMILES string of the molecule is COc1ccc(/C=C2\CC(C(=O)Nc3ccccc3)C/C(=C\c3ccc(OC)cc3)C2=O)cc1. The maximum Gasteiger partial charge on any atom is 0.228 e. The number of carbonyl (C=O) groups excluding carboxylic acids is 2. The number of hydrogen-bond donors (Lipinski definition) is 1. The van der Waals surface area contributed by atoms with Crippen LogP contribution in [0, 0.1) is 5.92 Å². The Hall–Kier alpha value is -4.12. The molecule has 0 atom stereocenters. The molecule has 172 valence electrons. The minimum Gasteiger partial charge on any atom is -0.497 e. The van der Waals surface area contributed by atoms with Crippen LogP contribution in [0.4, 0.5) is 5.69 Å². The molecule has 1 aliphatic rings. The third-order valence-corrected chi connectivity index (χ3v) is 5.84. The van der Waals surface area contributed by atoms with E-state index in [0.717, 1.165) is 28.3 Å². The predicted octanol–water partition coefficient (Wildman–Crippen LogP) is 5.79. The molecule has 0 unspecified atom stereocenters. The van der Waals surface area contributed by atoms with Crippen LogP contribution >= 0.6 is 0 Å². The topological polar surface area (TPSA) is 64.6 Å². The van der Waals surface area contributed by atoms with Crippen LogP contribution in [0.3, 0.4) is 0 Å². The van der Waals surface area contributed by atoms with Crippen LogP contribution in [0.25, 0.3) is 12.2 Å². The molecule has 0 aliphatic heterocycles. The Morgan fingerprint density at radius 2 is 1.24 bits per heavy atom. The molecule has 3 aromatic carbocycles. The number of anilines is 1. The maximum absolute atomic E-state index is 13.4. The summed E-state index contributed by atoms with van der Waals surface area (Å²) in [5.41, 5.74) is 3.74. The van der Waals surface area contributed by atoms with Crippen LogP contribution in [-0.2, 0) is 9.59 Å². The lowest BCUT2D eigenvalue weighted by atomic mass is 9.79. The molecule has 1 aliphatic carbocycles. The number of rotatable bonds is 6. The van der Waals surface area contributed by atoms with E-state index in [9.17, 15) is 9.59 Å². The van der Waals surface area contributed by atoms with Crippen LogP contribution in [0.2, 0.25) is 0 Å². The van der Waals surface area contributed by atoms with E-state index in [1.807, 2.05) is 91.0 Å². The fourth-order valence-electron chi connectivity index (χ4n) is 4.00. The normalized spacial score (nSPS) is 18.1. The molecule has 1 amide bonds. The minimum absolute atomic E-state index is 0.0320. The highest BCUT2D eigenvalue weighted by Crippen LogP contribution is 2.33. The van der Waals surface area contributed by atoms with Gasteiger partial charge in [0.2, 0.25) is 5.91 Å². The highest BCUT2D eigenvalue weighted by atomic mass is 16.5. The van der Waals surface area contributed by atoms with E-state index in [-0.39, 0.29) is 17.6 Å². The second kappa shape index (κ2) is 10.7. The molecular weight excluding hydrogens is 426 g/mol. The van der Waals surface area contributed by atoms with Crippen molar-refractivity contribution in [2.75, 3.05) is 19.5 Å². The minimum atomic E-state index is -0.355. The average Bonchev–Trinajstić information content (AvgIpc) is 2.87. The molecule has 1 fully saturated rings. The van der Waals surface area contributed by atoms with Gasteiger partial charge in [-0.1, -0.05) is 42.5 Å². The number of benzene rings is 3. The van der Waals surface area contributed by atoms with Crippen molar-refractivity contribution in [3.05, 3.63) is 101 Å². The fourth-order valence-corrected chi connectivity index (χ4v) is 4.00. The van der Waals surface area contributed by atoms with Gasteiger partial charge in [-0.15, -0.1) is 0 Å². The van der Waals surface area contributed by atoms with Crippen LogP contribution < -0.4 is 14.8 Å². The van der Waals surface area contributed by atoms with Gasteiger partial charge in [-0.2, -0.15) is 0 Å². The van der Waals surface area contributed by atoms with E-state index >= 15 is 0 Å². The Balaban J connectivity index is 1.65. The Labute approximate surface area is 199 Å². The second-order valence-electron chi connectivity index (χ2n) is 8.18. The van der Waals surface area contributed by atoms with E-state index in [4.69, 9.17) is 9.47 Å². The van der Waals surface area contributed by atoms with Crippen molar-refractivity contribution < 1.29 is 19.1 Å². The maximum atomic E-state index is 13.4. The van der Waals surface area contributed by atoms with Crippen LogP contribution in [0.15, 0.2) is 90.0 Å². The van der Waals surface area contributed by atoms with E-state index < -0.39 is 0 Å². The van der Waals surface area contributed by atoms with Crippen molar-refractivity contribution in [1.82, 2.24) is 0 Å². The van der Waals surface area contributed by atoms with E-state index in [1.54, 1.807) is 14.2 Å². The predicted molar refractivity (Wildman–Crippen MR) is 135 cm³/mol. The van der Waals surface area contributed by atoms with E-state index in [2.05, 4.69) is 5.32 Å². The van der Waals surface area contributed by atoms with Crippen molar-refractivity contribution in [1.29, 1.82) is 0 Å². The average molecular weight is 454 g/mol. The van der Waals surface area contributed by atoms with Crippen LogP contribution in [0.1, 0.15) is 24.0 Å². The summed E-state index contributed by atoms with van der Waals surface area (Å²) < 4.78 is 10.5. The van der Waals surface area contributed by atoms with Gasteiger partial charge in [0, 0.05) is 22.8 Å². The monoisotopic (exact) mass is 453 g/mol. The Morgan fingerprint density at radius 1 is 0.765 bits per heavy atom. The number of hydrogen-bond acceptors (Lipinski definition) is 4. The molecule has 1 saturated carbocycles. The van der Waals surface area contributed by atoms with Gasteiger partial charge < -0.3 is 14.8 Å². The van der Waals surface area contributed by atoms with Crippen LogP contribution in [0.5, 0.6) is 11.5 Å². The molecule has 0 saturated heterocycles. The summed E-state index contributed by atoms with van der Waals surface area (Å²) in [5, 5.41) is 2.99. The van der Waals surface area contributed by atoms with Gasteiger partial charge >= 0.3 is 0 Å². The first-order chi connectivity index (χ1) is 16.6. The zero-order valence-electron chi connectivity index (χ0n) is 19.3. The summed E-state index contributed by atoms with van der Waals surface area (Å²) in [4.78, 5) is 26.5. The summed E-state index contributed by atoms with van der Waals surface area (Å²) in [5.74, 6) is 1.01. The summed E-state index contributed by atoms with van der Waals surface area (Å²) in [6.45, 7) is 0. The Kier molecular flexibility index (Phi) is 7.23. The molecule has 1 N–H and O–H groups in total. The van der Waals surface area contributed by atoms with Crippen molar-refractivity contribution in [3.8, 4) is 11.5 Å². The number of amides is 1. The highest BCUT2D eigenvalue weighted by Gasteiger charge is 2.32. The van der Waals surface area contributed by atoms with Crippen molar-refractivity contribution in [2.24, 2.45) is 5.92 Å². The molecule has 5 nitrogen and oxygen atoms in total. The largest absolute Gasteiger partial charge is 0.497 e. The third-order valence-electron chi connectivity index (χ3n) is 5.84. The van der Waals surface area contributed by atoms with Gasteiger partial charge in [-0.3, -0.25) is 9.59 Å². The molecule has 0 bridgehead atoms. The molecule has 34 heavy (non-hydrogen) atoms. The first-order valence-corrected chi connectivity index (χ1v) is 11.2. The third kappa shape index (κ3) is 5.62. The molecule has 5 heteroatoms. The van der Waals surface area contributed by atoms with Gasteiger partial charge in [0.05, 0.1) is 14.2 Å². The van der Waals surface area contributed by atoms with Gasteiger partial charge in [0.25, 0.3) is 0 Å². The first kappa shape index (κ1) is 23.1. The zero-order valence-corrected chi connectivity index (χ0v) is 19.3. The summed E-state index contributed by atoms with van der Waals surface area (Å²) >= 11 is 0. The molecule has 0 radical (unpaired) electrons. The number of Topliss-reactive ketones (excluding diaryl/α,β-unsaturated/α-hetero) is 1. The number of allylic oxidation sites excluding steroid dienone is 2. The van der Waals surface area contributed by atoms with Gasteiger partial charge in [-0.25, -0.2) is 0 Å². The lowest BCUT2D eigenvalue weighted by molar-refractivity contribution is -0.120. The number of para-hydroxylation sites is 1. The Bertz CT molecular complexity index is 1140. The summed E-state index contributed by atoms with van der Waals surface area (Å²) in [7, 11) is 3.23. The van der Waals surface area contributed by atoms with Gasteiger partial charge in [0.1, 0.15) is 11.5 Å². The lowest BCUT2D eigenvalue weighted by Gasteiger charge is -2.25. The number of methoxy groups -OCH3 is 2. The lowest BCUT2D eigenvalue weighted by Crippen LogP contribution is -2.30. The molecule has 3 aromatic rings. The highest BCUT2D eigenvalue weighted by molar-refractivity contribution is 6.15. The molecule has 4 rings (SSSR count). The number of carbonyl (C=O) groups is 2. The standard InChI is InChI=1S/C29H27NO4/c1-33-26-12-8-20(9-13-26)16-22-18-24(29(32)30-25-6-4-3-5-7-25)19-23(28(22)31)17-21-10-14-27(34-2)15-11-21/h3-17,24H,18-19H2,1-2H3,(H,30,32)/b22-16+,23-17+. The number of ketones is 1. The molecular formula is C29H27NO4. The van der Waals surface area contributed by atoms with Gasteiger partial charge in [-0.05, 0) is 72.5 Å². The smallest absolute Gasteiger partial charge is 0.228 e. The quantitative estimate of drug-likeness (QED) is 0.480. The first-order valence-electron chi connectivity index (χ1n) is 11.2. The second-order valence-corrected chi connectivity index (χ2v) is 8.18. The van der Waals surface area contributed by atoms with Crippen molar-refractivity contribution >= 4 is 29.5 Å². The Morgan fingerprint density at radius 3 is 1.68 bits per heavy atom. The van der Waals surface area contributed by atoms with E-state index in [0.29, 0.717) is 24.0 Å². The molecule has 0 aromatic heterocycles.